The lowest BCUT2D eigenvalue weighted by Gasteiger charge is -2.08. The number of hydrogen-bond donors (Lipinski definition) is 2. The summed E-state index contributed by atoms with van der Waals surface area (Å²) in [5.41, 5.74) is 1.46. The molecule has 14 heavy (non-hydrogen) atoms. The van der Waals surface area contributed by atoms with Crippen LogP contribution in [0.25, 0.3) is 0 Å². The number of anilines is 1. The molecule has 1 aromatic carbocycles. The number of halogens is 1. The summed E-state index contributed by atoms with van der Waals surface area (Å²) in [4.78, 5) is 10.7. The average Bonchev–Trinajstić information content (AvgIpc) is 2.17. The highest BCUT2D eigenvalue weighted by Crippen LogP contribution is 2.17. The highest BCUT2D eigenvalue weighted by atomic mass is 35.5. The van der Waals surface area contributed by atoms with Gasteiger partial charge in [-0.15, -0.1) is 11.6 Å². The zero-order chi connectivity index (χ0) is 10.6. The number of rotatable bonds is 3. The molecule has 0 spiro atoms. The number of aliphatic hydroxyl groups excluding tert-OH is 1. The van der Waals surface area contributed by atoms with Gasteiger partial charge >= 0.3 is 0 Å². The second-order valence-electron chi connectivity index (χ2n) is 2.97. The van der Waals surface area contributed by atoms with Crippen LogP contribution < -0.4 is 5.32 Å². The number of alkyl halides is 1. The summed E-state index contributed by atoms with van der Waals surface area (Å²) in [6.07, 6.45) is -0.650. The number of carbonyl (C=O) groups is 1. The van der Waals surface area contributed by atoms with Gasteiger partial charge in [0, 0.05) is 12.6 Å². The molecule has 3 nitrogen and oxygen atoms in total. The third kappa shape index (κ3) is 3.01. The molecule has 4 heteroatoms. The van der Waals surface area contributed by atoms with Crippen LogP contribution in [0.1, 0.15) is 18.6 Å². The van der Waals surface area contributed by atoms with Gasteiger partial charge in [0.15, 0.2) is 0 Å². The van der Waals surface area contributed by atoms with Crippen molar-refractivity contribution < 1.29 is 9.90 Å². The third-order valence-electron chi connectivity index (χ3n) is 1.76. The Morgan fingerprint density at radius 1 is 1.50 bits per heavy atom. The molecule has 2 N–H and O–H groups in total. The summed E-state index contributed by atoms with van der Waals surface area (Å²) in [6.45, 7) is 1.45. The van der Waals surface area contributed by atoms with Crippen molar-refractivity contribution in [2.75, 3.05) is 11.2 Å². The van der Waals surface area contributed by atoms with Crippen LogP contribution in [0.4, 0.5) is 5.69 Å². The first-order valence-corrected chi connectivity index (χ1v) is 4.78. The predicted octanol–water partition coefficient (Wildman–Crippen LogP) is 1.92. The molecule has 1 rings (SSSR count). The minimum atomic E-state index is -0.650. The van der Waals surface area contributed by atoms with Crippen LogP contribution in [0.15, 0.2) is 24.3 Å². The smallest absolute Gasteiger partial charge is 0.221 e. The molecule has 76 valence electrons. The predicted molar refractivity (Wildman–Crippen MR) is 56.4 cm³/mol. The fourth-order valence-corrected chi connectivity index (χ4v) is 1.26. The van der Waals surface area contributed by atoms with Gasteiger partial charge in [0.05, 0.1) is 12.0 Å². The Kier molecular flexibility index (Phi) is 3.92. The first kappa shape index (κ1) is 11.0. The third-order valence-corrected chi connectivity index (χ3v) is 2.05. The molecule has 0 heterocycles. The quantitative estimate of drug-likeness (QED) is 0.754. The number of aliphatic hydroxyl groups is 1. The lowest BCUT2D eigenvalue weighted by molar-refractivity contribution is -0.114. The van der Waals surface area contributed by atoms with Crippen molar-refractivity contribution in [1.82, 2.24) is 0 Å². The Labute approximate surface area is 87.7 Å². The minimum absolute atomic E-state index is 0.115. The van der Waals surface area contributed by atoms with E-state index in [2.05, 4.69) is 5.32 Å². The van der Waals surface area contributed by atoms with Gasteiger partial charge in [0.2, 0.25) is 5.91 Å². The summed E-state index contributed by atoms with van der Waals surface area (Å²) in [5.74, 6) is 0.0510. The van der Waals surface area contributed by atoms with Gasteiger partial charge in [-0.1, -0.05) is 12.1 Å². The van der Waals surface area contributed by atoms with Gasteiger partial charge < -0.3 is 10.4 Å². The fraction of sp³-hybridized carbons (Fsp3) is 0.300. The highest BCUT2D eigenvalue weighted by molar-refractivity contribution is 6.18. The van der Waals surface area contributed by atoms with Gasteiger partial charge in [-0.25, -0.2) is 0 Å². The normalized spacial score (nSPS) is 12.2. The van der Waals surface area contributed by atoms with E-state index in [0.717, 1.165) is 5.56 Å². The van der Waals surface area contributed by atoms with Crippen LogP contribution in [0.3, 0.4) is 0 Å². The zero-order valence-electron chi connectivity index (χ0n) is 7.83. The SMILES string of the molecule is CC(=O)Nc1ccc(C(O)CCl)cc1. The molecule has 1 unspecified atom stereocenters. The summed E-state index contributed by atoms with van der Waals surface area (Å²) in [6, 6.07) is 6.93. The maximum absolute atomic E-state index is 10.7. The van der Waals surface area contributed by atoms with Crippen LogP contribution in [-0.2, 0) is 4.79 Å². The van der Waals surface area contributed by atoms with Crippen LogP contribution in [0, 0.1) is 0 Å². The summed E-state index contributed by atoms with van der Waals surface area (Å²) >= 11 is 5.49. The van der Waals surface area contributed by atoms with Crippen molar-refractivity contribution in [3.63, 3.8) is 0 Å². The average molecular weight is 214 g/mol. The Hall–Kier alpha value is -1.06. The van der Waals surface area contributed by atoms with E-state index in [0.29, 0.717) is 5.69 Å². The highest BCUT2D eigenvalue weighted by Gasteiger charge is 2.04. The van der Waals surface area contributed by atoms with Crippen LogP contribution in [0.2, 0.25) is 0 Å². The Balaban J connectivity index is 2.73. The molecule has 0 saturated heterocycles. The second kappa shape index (κ2) is 4.98. The molecule has 0 aliphatic carbocycles. The van der Waals surface area contributed by atoms with E-state index in [1.807, 2.05) is 0 Å². The van der Waals surface area contributed by atoms with Crippen LogP contribution in [-0.4, -0.2) is 16.9 Å². The molecule has 0 saturated carbocycles. The van der Waals surface area contributed by atoms with Crippen molar-refractivity contribution in [2.24, 2.45) is 0 Å². The molecule has 1 atom stereocenters. The Morgan fingerprint density at radius 2 is 2.07 bits per heavy atom. The molecular weight excluding hydrogens is 202 g/mol. The van der Waals surface area contributed by atoms with E-state index in [4.69, 9.17) is 11.6 Å². The lowest BCUT2D eigenvalue weighted by Crippen LogP contribution is -2.06. The number of amides is 1. The maximum Gasteiger partial charge on any atom is 0.221 e. The van der Waals surface area contributed by atoms with Crippen molar-refractivity contribution in [3.8, 4) is 0 Å². The van der Waals surface area contributed by atoms with Crippen LogP contribution in [0.5, 0.6) is 0 Å². The van der Waals surface area contributed by atoms with Gasteiger partial charge in [-0.05, 0) is 17.7 Å². The fourth-order valence-electron chi connectivity index (χ4n) is 1.08. The molecule has 1 amide bonds. The first-order valence-electron chi connectivity index (χ1n) is 4.25. The lowest BCUT2D eigenvalue weighted by atomic mass is 10.1. The van der Waals surface area contributed by atoms with Crippen LogP contribution >= 0.6 is 11.6 Å². The number of benzene rings is 1. The van der Waals surface area contributed by atoms with Gasteiger partial charge in [-0.3, -0.25) is 4.79 Å². The molecule has 0 aromatic heterocycles. The molecular formula is C10H12ClNO2. The van der Waals surface area contributed by atoms with E-state index >= 15 is 0 Å². The van der Waals surface area contributed by atoms with Crippen molar-refractivity contribution >= 4 is 23.2 Å². The minimum Gasteiger partial charge on any atom is -0.387 e. The molecule has 0 radical (unpaired) electrons. The monoisotopic (exact) mass is 213 g/mol. The van der Waals surface area contributed by atoms with E-state index in [1.165, 1.54) is 6.92 Å². The van der Waals surface area contributed by atoms with Crippen molar-refractivity contribution in [3.05, 3.63) is 29.8 Å². The summed E-state index contributed by atoms with van der Waals surface area (Å²) < 4.78 is 0. The van der Waals surface area contributed by atoms with Gasteiger partial charge in [0.1, 0.15) is 0 Å². The van der Waals surface area contributed by atoms with E-state index in [-0.39, 0.29) is 11.8 Å². The molecule has 0 bridgehead atoms. The Morgan fingerprint density at radius 3 is 2.50 bits per heavy atom. The molecule has 0 aliphatic heterocycles. The van der Waals surface area contributed by atoms with Gasteiger partial charge in [0.25, 0.3) is 0 Å². The molecule has 0 fully saturated rings. The number of hydrogen-bond acceptors (Lipinski definition) is 2. The number of nitrogens with one attached hydrogen (secondary N) is 1. The standard InChI is InChI=1S/C10H12ClNO2/c1-7(13)12-9-4-2-8(3-5-9)10(14)6-11/h2-5,10,14H,6H2,1H3,(H,12,13). The summed E-state index contributed by atoms with van der Waals surface area (Å²) in [5, 5.41) is 12.0. The van der Waals surface area contributed by atoms with Crippen molar-refractivity contribution in [1.29, 1.82) is 0 Å². The maximum atomic E-state index is 10.7. The zero-order valence-corrected chi connectivity index (χ0v) is 8.58. The molecule has 1 aromatic rings. The van der Waals surface area contributed by atoms with E-state index in [9.17, 15) is 9.90 Å². The van der Waals surface area contributed by atoms with E-state index < -0.39 is 6.10 Å². The second-order valence-corrected chi connectivity index (χ2v) is 3.28. The molecule has 0 aliphatic rings. The topological polar surface area (TPSA) is 49.3 Å². The first-order chi connectivity index (χ1) is 6.63. The van der Waals surface area contributed by atoms with Gasteiger partial charge in [-0.2, -0.15) is 0 Å². The number of carbonyl (C=O) groups excluding carboxylic acids is 1. The Bertz CT molecular complexity index is 310. The van der Waals surface area contributed by atoms with Crippen molar-refractivity contribution in [2.45, 2.75) is 13.0 Å². The van der Waals surface area contributed by atoms with E-state index in [1.54, 1.807) is 24.3 Å². The largest absolute Gasteiger partial charge is 0.387 e. The summed E-state index contributed by atoms with van der Waals surface area (Å²) in [7, 11) is 0.